The lowest BCUT2D eigenvalue weighted by molar-refractivity contribution is -0.221. The molecule has 2 saturated heterocycles. The van der Waals surface area contributed by atoms with Gasteiger partial charge in [-0.3, -0.25) is 15.0 Å². The summed E-state index contributed by atoms with van der Waals surface area (Å²) in [6, 6.07) is -2.59. The Morgan fingerprint density at radius 1 is 0.850 bits per heavy atom. The minimum absolute atomic E-state index is 0.0543. The fraction of sp³-hybridized carbons (Fsp3) is 0.618. The van der Waals surface area contributed by atoms with Gasteiger partial charge in [0.1, 0.15) is 23.7 Å². The molecule has 2 aliphatic rings. The summed E-state index contributed by atoms with van der Waals surface area (Å²) in [5.41, 5.74) is -5.65. The molecule has 16 nitrogen and oxygen atoms in total. The van der Waals surface area contributed by atoms with Crippen molar-refractivity contribution < 1.29 is 87.1 Å². The fourth-order valence-corrected chi connectivity index (χ4v) is 5.35. The van der Waals surface area contributed by atoms with Crippen LogP contribution in [0.2, 0.25) is 0 Å². The van der Waals surface area contributed by atoms with Crippen LogP contribution < -0.4 is 21.4 Å². The summed E-state index contributed by atoms with van der Waals surface area (Å²) in [7, 11) is 0. The van der Waals surface area contributed by atoms with Gasteiger partial charge in [0.05, 0.1) is 49.1 Å². The van der Waals surface area contributed by atoms with E-state index in [1.54, 1.807) is 0 Å². The highest BCUT2D eigenvalue weighted by molar-refractivity contribution is 5.87. The van der Waals surface area contributed by atoms with Crippen LogP contribution in [0, 0.1) is 22.5 Å². The number of hydrogen-bond donors (Lipinski definition) is 5. The lowest BCUT2D eigenvalue weighted by Gasteiger charge is -2.37. The molecule has 4 rings (SSSR count). The third-order valence-electron chi connectivity index (χ3n) is 9.52. The number of halogens is 10. The molecular weight excluding hydrogens is 840 g/mol. The van der Waals surface area contributed by atoms with Gasteiger partial charge in [-0.25, -0.2) is 28.1 Å². The zero-order valence-corrected chi connectivity index (χ0v) is 32.1. The number of carbonyl (C=O) groups excluding carboxylic acids is 4. The highest BCUT2D eigenvalue weighted by Gasteiger charge is 2.57. The highest BCUT2D eigenvalue weighted by Crippen LogP contribution is 2.42. The molecule has 1 unspecified atom stereocenters. The van der Waals surface area contributed by atoms with Crippen LogP contribution in [0.25, 0.3) is 11.3 Å². The Kier molecular flexibility index (Phi) is 14.9. The molecule has 26 heteroatoms. The zero-order chi connectivity index (χ0) is 45.0. The minimum atomic E-state index is -5.20. The highest BCUT2D eigenvalue weighted by atomic mass is 19.4. The third-order valence-corrected chi connectivity index (χ3v) is 9.52. The molecule has 0 aliphatic carbocycles. The smallest absolute Gasteiger partial charge is 0.408 e. The van der Waals surface area contributed by atoms with Gasteiger partial charge in [-0.15, -0.1) is 0 Å². The normalized spacial score (nSPS) is 16.9. The van der Waals surface area contributed by atoms with Crippen molar-refractivity contribution in [2.75, 3.05) is 39.5 Å². The van der Waals surface area contributed by atoms with Gasteiger partial charge in [0, 0.05) is 37.0 Å². The first-order chi connectivity index (χ1) is 27.7. The Bertz CT molecular complexity index is 1830. The molecule has 60 heavy (non-hydrogen) atoms. The second-order valence-electron chi connectivity index (χ2n) is 14.9. The number of amides is 4. The molecule has 0 spiro atoms. The van der Waals surface area contributed by atoms with E-state index in [0.717, 1.165) is 12.3 Å². The number of hydrogen-bond acceptors (Lipinski definition) is 11. The number of nitrogens with one attached hydrogen (secondary N) is 4. The number of aliphatic hydroxyl groups is 1. The Morgan fingerprint density at radius 2 is 1.32 bits per heavy atom. The van der Waals surface area contributed by atoms with Crippen LogP contribution in [-0.4, -0.2) is 126 Å². The standard InChI is InChI=1S/C34H41F10N7O9/c1-31(2,33(39,40)41)24(46-29(55)59-18-12-57-13-18)26(53)45-9-17(52)10-50(11-20-21(35)7-16(8-22(20)36)23-5-6-51(48-23)28(37)38)49-27(54)25(32(3,4)34(42,43)44)47-30(56)60-19-14-58-15-19/h5-8,17-19,24-25,28,52H,9-15H2,1-4H3,(H,45,53)(H,46,55)(H,47,56)(H,49,54)/t17-,24?,25-/m1/s1. The number of hydrazine groups is 1. The van der Waals surface area contributed by atoms with Crippen LogP contribution >= 0.6 is 0 Å². The van der Waals surface area contributed by atoms with Crippen LogP contribution in [0.15, 0.2) is 24.4 Å². The van der Waals surface area contributed by atoms with E-state index in [1.807, 2.05) is 21.4 Å². The number of rotatable bonds is 17. The van der Waals surface area contributed by atoms with Crippen LogP contribution in [0.3, 0.4) is 0 Å². The topological polar surface area (TPSA) is 195 Å². The predicted octanol–water partition coefficient (Wildman–Crippen LogP) is 3.70. The molecule has 1 aromatic heterocycles. The summed E-state index contributed by atoms with van der Waals surface area (Å²) in [4.78, 5) is 51.7. The SMILES string of the molecule is CC(C)(C(NC(=O)OC1COC1)C(=O)NC[C@@H](O)CN(Cc1c(F)cc(-c2ccn(C(F)F)n2)cc1F)NC(=O)[C@@H](NC(=O)OC1COC1)C(C)(C)C(F)(F)F)C(F)(F)F. The fourth-order valence-electron chi connectivity index (χ4n) is 5.35. The minimum Gasteiger partial charge on any atom is -0.441 e. The lowest BCUT2D eigenvalue weighted by Crippen LogP contribution is -2.62. The predicted molar refractivity (Wildman–Crippen MR) is 182 cm³/mol. The molecule has 4 amide bonds. The van der Waals surface area contributed by atoms with Gasteiger partial charge in [-0.05, 0) is 45.9 Å². The Morgan fingerprint density at radius 3 is 1.72 bits per heavy atom. The molecule has 2 aromatic rings. The van der Waals surface area contributed by atoms with Crippen molar-refractivity contribution in [3.8, 4) is 11.3 Å². The molecule has 5 N–H and O–H groups in total. The van der Waals surface area contributed by atoms with Gasteiger partial charge in [0.15, 0.2) is 12.2 Å². The second kappa shape index (κ2) is 18.8. The quantitative estimate of drug-likeness (QED) is 0.115. The molecule has 0 saturated carbocycles. The Hall–Kier alpha value is -4.95. The Labute approximate surface area is 334 Å². The number of aliphatic hydroxyl groups excluding tert-OH is 1. The summed E-state index contributed by atoms with van der Waals surface area (Å²) in [5.74, 6) is -5.99. The van der Waals surface area contributed by atoms with Crippen molar-refractivity contribution in [2.24, 2.45) is 10.8 Å². The zero-order valence-electron chi connectivity index (χ0n) is 32.1. The largest absolute Gasteiger partial charge is 0.441 e. The van der Waals surface area contributed by atoms with E-state index in [9.17, 15) is 59.4 Å². The molecule has 3 heterocycles. The number of benzene rings is 1. The van der Waals surface area contributed by atoms with Crippen molar-refractivity contribution in [3.63, 3.8) is 0 Å². The van der Waals surface area contributed by atoms with E-state index in [1.165, 1.54) is 0 Å². The van der Waals surface area contributed by atoms with E-state index in [-0.39, 0.29) is 42.4 Å². The first-order valence-corrected chi connectivity index (χ1v) is 17.8. The molecule has 0 bridgehead atoms. The first kappa shape index (κ1) is 47.7. The maximum atomic E-state index is 15.5. The number of carbonyl (C=O) groups is 4. The van der Waals surface area contributed by atoms with E-state index in [4.69, 9.17) is 18.9 Å². The average molecular weight is 882 g/mol. The summed E-state index contributed by atoms with van der Waals surface area (Å²) in [6.45, 7) is -4.30. The molecule has 1 aromatic carbocycles. The number of nitrogens with zero attached hydrogens (tertiary/aromatic N) is 3. The molecule has 2 aliphatic heterocycles. The molecule has 3 atom stereocenters. The van der Waals surface area contributed by atoms with Crippen LogP contribution in [0.1, 0.15) is 39.8 Å². The van der Waals surface area contributed by atoms with Gasteiger partial charge in [0.2, 0.25) is 5.91 Å². The van der Waals surface area contributed by atoms with Gasteiger partial charge in [0.25, 0.3) is 5.91 Å². The number of alkyl carbamates (subject to hydrolysis) is 2. The van der Waals surface area contributed by atoms with E-state index >= 15 is 8.78 Å². The van der Waals surface area contributed by atoms with Crippen molar-refractivity contribution in [1.29, 1.82) is 0 Å². The van der Waals surface area contributed by atoms with Crippen molar-refractivity contribution in [3.05, 3.63) is 41.6 Å². The van der Waals surface area contributed by atoms with E-state index < -0.39 is 121 Å². The maximum Gasteiger partial charge on any atom is 0.408 e. The van der Waals surface area contributed by atoms with Gasteiger partial charge >= 0.3 is 31.1 Å². The third kappa shape index (κ3) is 11.7. The average Bonchev–Trinajstić information content (AvgIpc) is 3.60. The van der Waals surface area contributed by atoms with Gasteiger partial charge in [-0.2, -0.15) is 40.2 Å². The van der Waals surface area contributed by atoms with Crippen LogP contribution in [0.5, 0.6) is 0 Å². The molecule has 0 radical (unpaired) electrons. The van der Waals surface area contributed by atoms with Crippen LogP contribution in [0.4, 0.5) is 53.5 Å². The van der Waals surface area contributed by atoms with E-state index in [2.05, 4.69) is 5.10 Å². The first-order valence-electron chi connectivity index (χ1n) is 17.8. The maximum absolute atomic E-state index is 15.5. The van der Waals surface area contributed by atoms with Gasteiger partial charge in [-0.1, -0.05) is 0 Å². The number of aromatic nitrogens is 2. The molecule has 336 valence electrons. The van der Waals surface area contributed by atoms with Gasteiger partial charge < -0.3 is 40.0 Å². The molecule has 2 fully saturated rings. The summed E-state index contributed by atoms with van der Waals surface area (Å²) < 4.78 is 162. The number of ether oxygens (including phenoxy) is 4. The summed E-state index contributed by atoms with van der Waals surface area (Å²) in [5, 5.41) is 20.5. The Balaban J connectivity index is 1.60. The van der Waals surface area contributed by atoms with Crippen LogP contribution in [-0.2, 0) is 35.1 Å². The van der Waals surface area contributed by atoms with Crippen molar-refractivity contribution in [2.45, 2.75) is 83.5 Å². The summed E-state index contributed by atoms with van der Waals surface area (Å²) in [6.07, 6.45) is -16.0. The molecular formula is C34H41F10N7O9. The van der Waals surface area contributed by atoms with Crippen molar-refractivity contribution >= 4 is 24.0 Å². The monoisotopic (exact) mass is 881 g/mol. The summed E-state index contributed by atoms with van der Waals surface area (Å²) >= 11 is 0. The van der Waals surface area contributed by atoms with E-state index in [0.29, 0.717) is 44.8 Å². The number of alkyl halides is 8. The lowest BCUT2D eigenvalue weighted by atomic mass is 9.83. The van der Waals surface area contributed by atoms with Crippen molar-refractivity contribution in [1.82, 2.24) is 36.2 Å². The second-order valence-corrected chi connectivity index (χ2v) is 14.9.